The molecule has 124 valence electrons. The number of carbonyl (C=O) groups is 1. The van der Waals surface area contributed by atoms with Gasteiger partial charge in [-0.3, -0.25) is 4.79 Å². The van der Waals surface area contributed by atoms with Crippen molar-refractivity contribution >= 4 is 5.91 Å². The smallest absolute Gasteiger partial charge is 0.220 e. The van der Waals surface area contributed by atoms with Crippen molar-refractivity contribution in [2.24, 2.45) is 17.6 Å². The molecule has 1 amide bonds. The van der Waals surface area contributed by atoms with E-state index in [1.54, 1.807) is 0 Å². The van der Waals surface area contributed by atoms with Crippen molar-refractivity contribution in [1.82, 2.24) is 5.32 Å². The lowest BCUT2D eigenvalue weighted by molar-refractivity contribution is -0.122. The number of carbonyl (C=O) groups excluding carboxylic acids is 1. The fraction of sp³-hybridized carbons (Fsp3) is 0.944. The quantitative estimate of drug-likeness (QED) is 0.640. The molecule has 0 bridgehead atoms. The Kier molecular flexibility index (Phi) is 9.73. The molecule has 0 aromatic rings. The Hall–Kier alpha value is -0.570. The maximum absolute atomic E-state index is 12.1. The zero-order chi connectivity index (χ0) is 15.5. The summed E-state index contributed by atoms with van der Waals surface area (Å²) >= 11 is 0. The average Bonchev–Trinajstić information content (AvgIpc) is 2.48. The fourth-order valence-electron chi connectivity index (χ4n) is 3.72. The molecule has 0 heterocycles. The van der Waals surface area contributed by atoms with Crippen LogP contribution in [0.2, 0.25) is 0 Å². The molecule has 0 aromatic carbocycles. The second-order valence-electron chi connectivity index (χ2n) is 6.84. The van der Waals surface area contributed by atoms with E-state index < -0.39 is 0 Å². The molecular weight excluding hydrogens is 260 g/mol. The van der Waals surface area contributed by atoms with Gasteiger partial charge in [0.2, 0.25) is 5.91 Å². The molecule has 1 aliphatic rings. The Morgan fingerprint density at radius 1 is 1.10 bits per heavy atom. The zero-order valence-electron chi connectivity index (χ0n) is 14.2. The van der Waals surface area contributed by atoms with Crippen molar-refractivity contribution < 1.29 is 4.79 Å². The lowest BCUT2D eigenvalue weighted by Gasteiger charge is -2.29. The summed E-state index contributed by atoms with van der Waals surface area (Å²) in [6.07, 6.45) is 12.7. The van der Waals surface area contributed by atoms with Crippen LogP contribution >= 0.6 is 0 Å². The molecule has 1 atom stereocenters. The van der Waals surface area contributed by atoms with E-state index in [2.05, 4.69) is 19.2 Å². The monoisotopic (exact) mass is 296 g/mol. The summed E-state index contributed by atoms with van der Waals surface area (Å²) in [5, 5.41) is 3.25. The number of nitrogens with one attached hydrogen (secondary N) is 1. The highest BCUT2D eigenvalue weighted by Crippen LogP contribution is 2.27. The summed E-state index contributed by atoms with van der Waals surface area (Å²) in [7, 11) is 0. The normalized spacial score (nSPS) is 23.8. The van der Waals surface area contributed by atoms with Gasteiger partial charge in [-0.25, -0.2) is 0 Å². The molecule has 0 radical (unpaired) electrons. The van der Waals surface area contributed by atoms with Gasteiger partial charge in [-0.2, -0.15) is 0 Å². The van der Waals surface area contributed by atoms with Crippen LogP contribution in [-0.4, -0.2) is 18.5 Å². The van der Waals surface area contributed by atoms with E-state index in [1.165, 1.54) is 51.4 Å². The van der Waals surface area contributed by atoms with E-state index in [9.17, 15) is 4.79 Å². The highest BCUT2D eigenvalue weighted by molar-refractivity contribution is 5.76. The summed E-state index contributed by atoms with van der Waals surface area (Å²) in [5.41, 5.74) is 5.65. The molecule has 1 saturated carbocycles. The van der Waals surface area contributed by atoms with Gasteiger partial charge in [0.05, 0.1) is 0 Å². The van der Waals surface area contributed by atoms with Gasteiger partial charge in [0.1, 0.15) is 0 Å². The fourth-order valence-corrected chi connectivity index (χ4v) is 3.72. The van der Waals surface area contributed by atoms with Gasteiger partial charge in [-0.15, -0.1) is 0 Å². The van der Waals surface area contributed by atoms with E-state index in [-0.39, 0.29) is 5.91 Å². The van der Waals surface area contributed by atoms with Crippen molar-refractivity contribution in [2.45, 2.75) is 90.5 Å². The third kappa shape index (κ3) is 7.85. The molecule has 3 nitrogen and oxygen atoms in total. The first-order valence-electron chi connectivity index (χ1n) is 9.18. The lowest BCUT2D eigenvalue weighted by Crippen LogP contribution is -2.37. The van der Waals surface area contributed by atoms with Crippen LogP contribution < -0.4 is 11.1 Å². The van der Waals surface area contributed by atoms with Crippen molar-refractivity contribution in [3.05, 3.63) is 0 Å². The summed E-state index contributed by atoms with van der Waals surface area (Å²) in [4.78, 5) is 12.1. The molecule has 1 rings (SSSR count). The van der Waals surface area contributed by atoms with Gasteiger partial charge in [-0.05, 0) is 56.9 Å². The van der Waals surface area contributed by atoms with E-state index in [4.69, 9.17) is 5.73 Å². The number of rotatable bonds is 10. The van der Waals surface area contributed by atoms with E-state index >= 15 is 0 Å². The summed E-state index contributed by atoms with van der Waals surface area (Å²) < 4.78 is 0. The van der Waals surface area contributed by atoms with E-state index in [0.29, 0.717) is 18.4 Å². The zero-order valence-corrected chi connectivity index (χ0v) is 14.2. The third-order valence-corrected chi connectivity index (χ3v) is 4.96. The number of hydrogen-bond acceptors (Lipinski definition) is 2. The Morgan fingerprint density at radius 2 is 1.81 bits per heavy atom. The standard InChI is InChI=1S/C18H36N2O/c1-3-5-15-7-10-17(11-8-15)20-18(21)12-9-16(6-4-2)13-14-19/h15-17H,3-14,19H2,1-2H3,(H,20,21). The summed E-state index contributed by atoms with van der Waals surface area (Å²) in [6.45, 7) is 5.22. The molecule has 0 spiro atoms. The highest BCUT2D eigenvalue weighted by atomic mass is 16.1. The van der Waals surface area contributed by atoms with Crippen LogP contribution in [-0.2, 0) is 4.79 Å². The first-order chi connectivity index (χ1) is 10.2. The van der Waals surface area contributed by atoms with Gasteiger partial charge >= 0.3 is 0 Å². The Labute approximate surface area is 131 Å². The first kappa shape index (κ1) is 18.5. The lowest BCUT2D eigenvalue weighted by atomic mass is 9.83. The Morgan fingerprint density at radius 3 is 2.38 bits per heavy atom. The predicted molar refractivity (Wildman–Crippen MR) is 90.1 cm³/mol. The van der Waals surface area contributed by atoms with Gasteiger partial charge in [0.25, 0.3) is 0 Å². The molecule has 1 unspecified atom stereocenters. The molecule has 0 aromatic heterocycles. The SMILES string of the molecule is CCCC(CCN)CCC(=O)NC1CCC(CCC)CC1. The van der Waals surface area contributed by atoms with E-state index in [1.807, 2.05) is 0 Å². The second kappa shape index (κ2) is 11.1. The van der Waals surface area contributed by atoms with Crippen LogP contribution in [0.15, 0.2) is 0 Å². The van der Waals surface area contributed by atoms with Gasteiger partial charge < -0.3 is 11.1 Å². The van der Waals surface area contributed by atoms with Gasteiger partial charge in [0.15, 0.2) is 0 Å². The number of amides is 1. The maximum atomic E-state index is 12.1. The average molecular weight is 296 g/mol. The molecule has 21 heavy (non-hydrogen) atoms. The van der Waals surface area contributed by atoms with Crippen LogP contribution in [0.4, 0.5) is 0 Å². The van der Waals surface area contributed by atoms with Crippen LogP contribution in [0.5, 0.6) is 0 Å². The maximum Gasteiger partial charge on any atom is 0.220 e. The van der Waals surface area contributed by atoms with Crippen LogP contribution in [0, 0.1) is 11.8 Å². The largest absolute Gasteiger partial charge is 0.353 e. The number of hydrogen-bond donors (Lipinski definition) is 2. The third-order valence-electron chi connectivity index (χ3n) is 4.96. The van der Waals surface area contributed by atoms with Crippen molar-refractivity contribution in [2.75, 3.05) is 6.54 Å². The van der Waals surface area contributed by atoms with Crippen molar-refractivity contribution in [3.63, 3.8) is 0 Å². The number of nitrogens with two attached hydrogens (primary N) is 1. The predicted octanol–water partition coefficient (Wildman–Crippen LogP) is 4.01. The minimum absolute atomic E-state index is 0.257. The van der Waals surface area contributed by atoms with E-state index in [0.717, 1.165) is 25.3 Å². The van der Waals surface area contributed by atoms with Crippen LogP contribution in [0.3, 0.4) is 0 Å². The van der Waals surface area contributed by atoms with Crippen LogP contribution in [0.25, 0.3) is 0 Å². The minimum Gasteiger partial charge on any atom is -0.353 e. The summed E-state index contributed by atoms with van der Waals surface area (Å²) in [5.74, 6) is 1.79. The second-order valence-corrected chi connectivity index (χ2v) is 6.84. The summed E-state index contributed by atoms with van der Waals surface area (Å²) in [6, 6.07) is 0.435. The van der Waals surface area contributed by atoms with Crippen LogP contribution in [0.1, 0.15) is 84.5 Å². The Balaban J connectivity index is 2.18. The minimum atomic E-state index is 0.257. The first-order valence-corrected chi connectivity index (χ1v) is 9.18. The van der Waals surface area contributed by atoms with Gasteiger partial charge in [-0.1, -0.05) is 39.5 Å². The molecule has 1 fully saturated rings. The molecule has 0 aliphatic heterocycles. The van der Waals surface area contributed by atoms with Crippen molar-refractivity contribution in [1.29, 1.82) is 0 Å². The highest BCUT2D eigenvalue weighted by Gasteiger charge is 2.22. The topological polar surface area (TPSA) is 55.1 Å². The molecule has 3 N–H and O–H groups in total. The molecular formula is C18H36N2O. The molecule has 3 heteroatoms. The molecule has 0 saturated heterocycles. The van der Waals surface area contributed by atoms with Crippen molar-refractivity contribution in [3.8, 4) is 0 Å². The Bertz CT molecular complexity index is 266. The van der Waals surface area contributed by atoms with Gasteiger partial charge in [0, 0.05) is 12.5 Å². The molecule has 1 aliphatic carbocycles.